The van der Waals surface area contributed by atoms with E-state index in [1.165, 1.54) is 24.3 Å². The van der Waals surface area contributed by atoms with Gasteiger partial charge in [-0.1, -0.05) is 12.1 Å². The fraction of sp³-hybridized carbons (Fsp3) is 0.100. The lowest BCUT2D eigenvalue weighted by Crippen LogP contribution is -2.25. The molecule has 0 bridgehead atoms. The lowest BCUT2D eigenvalue weighted by atomic mass is 10.1. The van der Waals surface area contributed by atoms with E-state index in [1.807, 2.05) is 24.4 Å². The van der Waals surface area contributed by atoms with Crippen molar-refractivity contribution in [2.24, 2.45) is 0 Å². The first-order chi connectivity index (χ1) is 14.0. The van der Waals surface area contributed by atoms with Gasteiger partial charge in [-0.05, 0) is 43.3 Å². The maximum Gasteiger partial charge on any atom is 0.437 e. The number of benzene rings is 2. The molecule has 0 saturated carbocycles. The molecular formula is C20H15FN4O3S. The molecule has 0 radical (unpaired) electrons. The number of thiazole rings is 1. The van der Waals surface area contributed by atoms with Crippen LogP contribution >= 0.6 is 11.3 Å². The second-order valence-electron chi connectivity index (χ2n) is 6.21. The molecular weight excluding hydrogens is 395 g/mol. The third-order valence-electron chi connectivity index (χ3n) is 4.07. The van der Waals surface area contributed by atoms with Crippen molar-refractivity contribution in [3.63, 3.8) is 0 Å². The van der Waals surface area contributed by atoms with Crippen LogP contribution in [0.3, 0.4) is 0 Å². The smallest absolute Gasteiger partial charge is 0.388 e. The number of carbonyl (C=O) groups is 1. The molecule has 0 saturated heterocycles. The number of nitrogens with one attached hydrogen (secondary N) is 1. The van der Waals surface area contributed by atoms with Crippen LogP contribution < -0.4 is 11.1 Å². The monoisotopic (exact) mass is 410 g/mol. The summed E-state index contributed by atoms with van der Waals surface area (Å²) in [6, 6.07) is 12.6. The summed E-state index contributed by atoms with van der Waals surface area (Å²) in [7, 11) is 0. The highest BCUT2D eigenvalue weighted by Gasteiger charge is 2.14. The van der Waals surface area contributed by atoms with Gasteiger partial charge in [-0.2, -0.15) is 4.68 Å². The van der Waals surface area contributed by atoms with E-state index in [0.29, 0.717) is 11.3 Å². The molecule has 9 heteroatoms. The number of nitrogens with zero attached hydrogens (tertiary/aromatic N) is 3. The molecule has 2 aromatic carbocycles. The highest BCUT2D eigenvalue weighted by Crippen LogP contribution is 2.23. The Morgan fingerprint density at radius 2 is 1.83 bits per heavy atom. The topological polar surface area (TPSA) is 90.0 Å². The van der Waals surface area contributed by atoms with Gasteiger partial charge in [0.15, 0.2) is 0 Å². The van der Waals surface area contributed by atoms with E-state index in [4.69, 9.17) is 4.42 Å². The molecule has 2 aromatic heterocycles. The molecule has 1 amide bonds. The first-order valence-corrected chi connectivity index (χ1v) is 9.52. The van der Waals surface area contributed by atoms with Crippen LogP contribution in [0.5, 0.6) is 0 Å². The molecule has 0 aliphatic rings. The number of aryl methyl sites for hydroxylation is 1. The minimum atomic E-state index is -0.770. The highest BCUT2D eigenvalue weighted by molar-refractivity contribution is 7.09. The molecule has 0 aliphatic carbocycles. The Balaban J connectivity index is 1.43. The van der Waals surface area contributed by atoms with Crippen LogP contribution in [-0.4, -0.2) is 20.7 Å². The largest absolute Gasteiger partial charge is 0.437 e. The molecule has 0 fully saturated rings. The Labute approximate surface area is 168 Å². The fourth-order valence-electron chi connectivity index (χ4n) is 2.67. The van der Waals surface area contributed by atoms with Gasteiger partial charge in [-0.3, -0.25) is 4.79 Å². The Morgan fingerprint density at radius 1 is 1.14 bits per heavy atom. The first kappa shape index (κ1) is 18.8. The van der Waals surface area contributed by atoms with E-state index < -0.39 is 17.5 Å². The van der Waals surface area contributed by atoms with Crippen molar-refractivity contribution < 1.29 is 13.6 Å². The zero-order valence-electron chi connectivity index (χ0n) is 15.3. The van der Waals surface area contributed by atoms with E-state index in [9.17, 15) is 14.0 Å². The minimum absolute atomic E-state index is 0.0192. The summed E-state index contributed by atoms with van der Waals surface area (Å²) in [6.07, 6.45) is 0. The van der Waals surface area contributed by atoms with E-state index in [-0.39, 0.29) is 12.4 Å². The molecule has 146 valence electrons. The number of carbonyl (C=O) groups excluding carboxylic acids is 1. The summed E-state index contributed by atoms with van der Waals surface area (Å²) >= 11 is 1.57. The Bertz CT molecular complexity index is 1210. The van der Waals surface area contributed by atoms with Crippen molar-refractivity contribution in [2.45, 2.75) is 13.5 Å². The summed E-state index contributed by atoms with van der Waals surface area (Å²) in [5.74, 6) is -1.59. The third kappa shape index (κ3) is 4.30. The van der Waals surface area contributed by atoms with Crippen LogP contribution in [0.4, 0.5) is 10.1 Å². The molecule has 4 rings (SSSR count). The van der Waals surface area contributed by atoms with E-state index in [0.717, 1.165) is 20.9 Å². The van der Waals surface area contributed by atoms with Crippen LogP contribution in [0, 0.1) is 12.7 Å². The van der Waals surface area contributed by atoms with Crippen molar-refractivity contribution in [1.82, 2.24) is 14.8 Å². The molecule has 2 heterocycles. The summed E-state index contributed by atoms with van der Waals surface area (Å²) in [5, 5.41) is 9.66. The molecule has 1 N–H and O–H groups in total. The van der Waals surface area contributed by atoms with Crippen LogP contribution in [0.25, 0.3) is 22.7 Å². The van der Waals surface area contributed by atoms with Gasteiger partial charge in [0.2, 0.25) is 11.8 Å². The van der Waals surface area contributed by atoms with Crippen molar-refractivity contribution >= 4 is 22.9 Å². The average molecular weight is 410 g/mol. The number of halogens is 1. The van der Waals surface area contributed by atoms with Gasteiger partial charge >= 0.3 is 5.76 Å². The van der Waals surface area contributed by atoms with Crippen LogP contribution in [0.15, 0.2) is 63.1 Å². The standard InChI is InChI=1S/C20H15FN4O3S/c1-12-22-17(11-29-12)13-4-8-16(9-5-13)23-18(26)10-25-20(27)28-19(24-25)14-2-6-15(21)7-3-14/h2-9,11H,10H2,1H3,(H,23,26). The molecule has 0 spiro atoms. The van der Waals surface area contributed by atoms with Gasteiger partial charge < -0.3 is 9.73 Å². The van der Waals surface area contributed by atoms with Gasteiger partial charge in [-0.15, -0.1) is 16.4 Å². The molecule has 0 unspecified atom stereocenters. The molecule has 29 heavy (non-hydrogen) atoms. The summed E-state index contributed by atoms with van der Waals surface area (Å²) in [5.41, 5.74) is 2.85. The summed E-state index contributed by atoms with van der Waals surface area (Å²) in [6.45, 7) is 1.63. The van der Waals surface area contributed by atoms with E-state index in [2.05, 4.69) is 15.4 Å². The molecule has 4 aromatic rings. The van der Waals surface area contributed by atoms with E-state index >= 15 is 0 Å². The normalized spacial score (nSPS) is 10.8. The maximum atomic E-state index is 13.0. The highest BCUT2D eigenvalue weighted by atomic mass is 32.1. The number of anilines is 1. The minimum Gasteiger partial charge on any atom is -0.388 e. The first-order valence-electron chi connectivity index (χ1n) is 8.64. The quantitative estimate of drug-likeness (QED) is 0.542. The number of hydrogen-bond acceptors (Lipinski definition) is 6. The van der Waals surface area contributed by atoms with Crippen molar-refractivity contribution in [3.05, 3.63) is 75.3 Å². The zero-order chi connectivity index (χ0) is 20.4. The number of rotatable bonds is 5. The fourth-order valence-corrected chi connectivity index (χ4v) is 3.29. The maximum absolute atomic E-state index is 13.0. The van der Waals surface area contributed by atoms with Gasteiger partial charge in [0, 0.05) is 22.2 Å². The zero-order valence-corrected chi connectivity index (χ0v) is 16.1. The van der Waals surface area contributed by atoms with Gasteiger partial charge in [-0.25, -0.2) is 14.2 Å². The summed E-state index contributed by atoms with van der Waals surface area (Å²) < 4.78 is 19.0. The third-order valence-corrected chi connectivity index (χ3v) is 4.85. The van der Waals surface area contributed by atoms with Gasteiger partial charge in [0.05, 0.1) is 10.7 Å². The van der Waals surface area contributed by atoms with Crippen LogP contribution in [0.1, 0.15) is 5.01 Å². The Morgan fingerprint density at radius 3 is 2.48 bits per heavy atom. The van der Waals surface area contributed by atoms with Gasteiger partial charge in [0.25, 0.3) is 0 Å². The second kappa shape index (κ2) is 7.80. The Kier molecular flexibility index (Phi) is 5.05. The number of amides is 1. The molecule has 0 atom stereocenters. The average Bonchev–Trinajstić information content (AvgIpc) is 3.29. The van der Waals surface area contributed by atoms with Crippen LogP contribution in [-0.2, 0) is 11.3 Å². The van der Waals surface area contributed by atoms with Gasteiger partial charge in [0.1, 0.15) is 12.4 Å². The lowest BCUT2D eigenvalue weighted by Gasteiger charge is -2.05. The second-order valence-corrected chi connectivity index (χ2v) is 7.28. The van der Waals surface area contributed by atoms with Crippen molar-refractivity contribution in [3.8, 4) is 22.7 Å². The predicted octanol–water partition coefficient (Wildman–Crippen LogP) is 3.71. The van der Waals surface area contributed by atoms with Crippen molar-refractivity contribution in [1.29, 1.82) is 0 Å². The Hall–Kier alpha value is -3.59. The molecule has 7 nitrogen and oxygen atoms in total. The summed E-state index contributed by atoms with van der Waals surface area (Å²) in [4.78, 5) is 28.6. The van der Waals surface area contributed by atoms with E-state index in [1.54, 1.807) is 23.5 Å². The van der Waals surface area contributed by atoms with Crippen LogP contribution in [0.2, 0.25) is 0 Å². The SMILES string of the molecule is Cc1nc(-c2ccc(NC(=O)Cn3nc(-c4ccc(F)cc4)oc3=O)cc2)cs1. The predicted molar refractivity (Wildman–Crippen MR) is 107 cm³/mol. The number of aromatic nitrogens is 3. The lowest BCUT2D eigenvalue weighted by molar-refractivity contribution is -0.117. The van der Waals surface area contributed by atoms with Crippen molar-refractivity contribution in [2.75, 3.05) is 5.32 Å². The molecule has 0 aliphatic heterocycles. The number of hydrogen-bond donors (Lipinski definition) is 1.